The third-order valence-electron chi connectivity index (χ3n) is 11.4. The number of rotatable bonds is 48. The van der Waals surface area contributed by atoms with Crippen LogP contribution in [-0.4, -0.2) is 37.2 Å². The number of carbonyl (C=O) groups is 3. The summed E-state index contributed by atoms with van der Waals surface area (Å²) in [6, 6.07) is 0. The molecule has 0 aliphatic heterocycles. The van der Waals surface area contributed by atoms with Crippen LogP contribution in [0.15, 0.2) is 85.1 Å². The average Bonchev–Trinajstić information content (AvgIpc) is 3.30. The number of allylic oxidation sites excluding steroid dienone is 14. The summed E-state index contributed by atoms with van der Waals surface area (Å²) in [5, 5.41) is 0. The van der Waals surface area contributed by atoms with Gasteiger partial charge in [0, 0.05) is 19.3 Å². The van der Waals surface area contributed by atoms with Gasteiger partial charge in [0.15, 0.2) is 6.10 Å². The molecule has 0 aromatic rings. The summed E-state index contributed by atoms with van der Waals surface area (Å²) in [4.78, 5) is 38.0. The predicted molar refractivity (Wildman–Crippen MR) is 279 cm³/mol. The smallest absolute Gasteiger partial charge is 0.306 e. The second-order valence-corrected chi connectivity index (χ2v) is 17.8. The Bertz CT molecular complexity index is 1270. The van der Waals surface area contributed by atoms with Gasteiger partial charge in [0.2, 0.25) is 0 Å². The lowest BCUT2D eigenvalue weighted by Gasteiger charge is -2.18. The van der Waals surface area contributed by atoms with Gasteiger partial charge in [-0.3, -0.25) is 14.4 Å². The molecular weight excluding hydrogens is 805 g/mol. The highest BCUT2D eigenvalue weighted by molar-refractivity contribution is 5.71. The zero-order valence-corrected chi connectivity index (χ0v) is 42.5. The van der Waals surface area contributed by atoms with E-state index in [1.54, 1.807) is 0 Å². The van der Waals surface area contributed by atoms with Crippen LogP contribution in [0, 0.1) is 0 Å². The zero-order valence-electron chi connectivity index (χ0n) is 42.5. The minimum absolute atomic E-state index is 0.0951. The van der Waals surface area contributed by atoms with E-state index in [0.717, 1.165) is 83.5 Å². The Morgan fingerprint density at radius 1 is 0.323 bits per heavy atom. The van der Waals surface area contributed by atoms with Crippen molar-refractivity contribution in [2.24, 2.45) is 0 Å². The Morgan fingerprint density at radius 2 is 0.615 bits per heavy atom. The van der Waals surface area contributed by atoms with E-state index in [2.05, 4.69) is 106 Å². The number of hydrogen-bond acceptors (Lipinski definition) is 6. The summed E-state index contributed by atoms with van der Waals surface area (Å²) >= 11 is 0. The maximum atomic E-state index is 12.8. The summed E-state index contributed by atoms with van der Waals surface area (Å²) in [5.74, 6) is -0.958. The number of unbranched alkanes of at least 4 members (excludes halogenated alkanes) is 23. The largest absolute Gasteiger partial charge is 0.462 e. The van der Waals surface area contributed by atoms with Crippen LogP contribution in [0.3, 0.4) is 0 Å². The molecule has 0 bridgehead atoms. The van der Waals surface area contributed by atoms with Gasteiger partial charge in [-0.05, 0) is 89.9 Å². The summed E-state index contributed by atoms with van der Waals surface area (Å²) in [5.41, 5.74) is 0. The molecule has 0 fully saturated rings. The Labute approximate surface area is 401 Å². The van der Waals surface area contributed by atoms with E-state index < -0.39 is 6.10 Å². The molecule has 0 saturated heterocycles. The SMILES string of the molecule is CC/C=C\C/C=C\C/C=C\C/C=C\C/C=C\CCCC(=O)OC[C@H](COC(=O)CCCCCCCCCCC/C=C\C/C=C\CCCCC)OC(=O)CCCCCCCCCCCCC. The van der Waals surface area contributed by atoms with Gasteiger partial charge >= 0.3 is 17.9 Å². The first kappa shape index (κ1) is 61.6. The molecule has 0 amide bonds. The molecule has 0 unspecified atom stereocenters. The molecule has 0 aliphatic rings. The molecule has 0 radical (unpaired) electrons. The van der Waals surface area contributed by atoms with Gasteiger partial charge in [-0.2, -0.15) is 0 Å². The number of hydrogen-bond donors (Lipinski definition) is 0. The molecule has 6 nitrogen and oxygen atoms in total. The highest BCUT2D eigenvalue weighted by Gasteiger charge is 2.19. The molecule has 0 aromatic heterocycles. The first-order chi connectivity index (χ1) is 32.0. The summed E-state index contributed by atoms with van der Waals surface area (Å²) in [6.07, 6.45) is 68.6. The van der Waals surface area contributed by atoms with Crippen LogP contribution < -0.4 is 0 Å². The van der Waals surface area contributed by atoms with Crippen molar-refractivity contribution in [1.82, 2.24) is 0 Å². The molecule has 0 spiro atoms. The van der Waals surface area contributed by atoms with Gasteiger partial charge in [-0.1, -0.05) is 228 Å². The standard InChI is InChI=1S/C59H100O6/c1-4-7-10-13-16-19-22-24-26-28-29-31-33-35-38-40-43-46-49-52-58(61)64-55-56(65-59(62)53-50-47-44-41-36-21-18-15-12-9-6-3)54-63-57(60)51-48-45-42-39-37-34-32-30-27-25-23-20-17-14-11-8-5-2/h8,11,16-17,19-20,24-27,32,34,39,42,56H,4-7,9-10,12-15,18,21-23,28-31,33,35-38,40-41,43-55H2,1-3H3/b11-8-,19-16-,20-17-,26-24-,27-25-,34-32-,42-39-/t56-/m1/s1. The van der Waals surface area contributed by atoms with Crippen molar-refractivity contribution >= 4 is 17.9 Å². The molecule has 0 aromatic carbocycles. The van der Waals surface area contributed by atoms with Crippen LogP contribution in [0.1, 0.15) is 252 Å². The molecule has 6 heteroatoms. The van der Waals surface area contributed by atoms with Gasteiger partial charge < -0.3 is 14.2 Å². The van der Waals surface area contributed by atoms with Gasteiger partial charge in [0.25, 0.3) is 0 Å². The molecule has 1 atom stereocenters. The highest BCUT2D eigenvalue weighted by atomic mass is 16.6. The Hall–Kier alpha value is -3.41. The van der Waals surface area contributed by atoms with Gasteiger partial charge in [-0.25, -0.2) is 0 Å². The van der Waals surface area contributed by atoms with Gasteiger partial charge in [0.1, 0.15) is 13.2 Å². The fraction of sp³-hybridized carbons (Fsp3) is 0.712. The van der Waals surface area contributed by atoms with E-state index in [1.807, 2.05) is 0 Å². The minimum atomic E-state index is -0.799. The fourth-order valence-electron chi connectivity index (χ4n) is 7.33. The Balaban J connectivity index is 4.41. The summed E-state index contributed by atoms with van der Waals surface area (Å²) in [6.45, 7) is 6.44. The maximum Gasteiger partial charge on any atom is 0.306 e. The number of carbonyl (C=O) groups excluding carboxylic acids is 3. The van der Waals surface area contributed by atoms with E-state index >= 15 is 0 Å². The van der Waals surface area contributed by atoms with E-state index in [0.29, 0.717) is 19.3 Å². The van der Waals surface area contributed by atoms with E-state index in [1.165, 1.54) is 122 Å². The van der Waals surface area contributed by atoms with Crippen molar-refractivity contribution in [3.63, 3.8) is 0 Å². The van der Waals surface area contributed by atoms with Crippen molar-refractivity contribution in [2.45, 2.75) is 258 Å². The highest BCUT2D eigenvalue weighted by Crippen LogP contribution is 2.15. The van der Waals surface area contributed by atoms with E-state index in [-0.39, 0.29) is 37.5 Å². The lowest BCUT2D eigenvalue weighted by atomic mass is 10.1. The van der Waals surface area contributed by atoms with Crippen LogP contribution in [0.4, 0.5) is 0 Å². The first-order valence-corrected chi connectivity index (χ1v) is 27.1. The van der Waals surface area contributed by atoms with Crippen LogP contribution in [0.5, 0.6) is 0 Å². The molecule has 0 heterocycles. The van der Waals surface area contributed by atoms with Crippen LogP contribution in [0.25, 0.3) is 0 Å². The molecular formula is C59H100O6. The van der Waals surface area contributed by atoms with Crippen LogP contribution in [-0.2, 0) is 28.6 Å². The Kier molecular flexibility index (Phi) is 50.4. The lowest BCUT2D eigenvalue weighted by Crippen LogP contribution is -2.30. The lowest BCUT2D eigenvalue weighted by molar-refractivity contribution is -0.167. The van der Waals surface area contributed by atoms with Crippen molar-refractivity contribution in [2.75, 3.05) is 13.2 Å². The van der Waals surface area contributed by atoms with E-state index in [9.17, 15) is 14.4 Å². The average molecular weight is 905 g/mol. The molecule has 372 valence electrons. The van der Waals surface area contributed by atoms with Gasteiger partial charge in [0.05, 0.1) is 0 Å². The fourth-order valence-corrected chi connectivity index (χ4v) is 7.33. The minimum Gasteiger partial charge on any atom is -0.462 e. The van der Waals surface area contributed by atoms with Crippen LogP contribution >= 0.6 is 0 Å². The van der Waals surface area contributed by atoms with Crippen LogP contribution in [0.2, 0.25) is 0 Å². The normalized spacial score (nSPS) is 12.7. The van der Waals surface area contributed by atoms with Crippen molar-refractivity contribution in [3.05, 3.63) is 85.1 Å². The summed E-state index contributed by atoms with van der Waals surface area (Å²) in [7, 11) is 0. The molecule has 65 heavy (non-hydrogen) atoms. The second-order valence-electron chi connectivity index (χ2n) is 17.8. The molecule has 0 rings (SSSR count). The monoisotopic (exact) mass is 905 g/mol. The quantitative estimate of drug-likeness (QED) is 0.0262. The topological polar surface area (TPSA) is 78.9 Å². The second kappa shape index (κ2) is 53.2. The maximum absolute atomic E-state index is 12.8. The third-order valence-corrected chi connectivity index (χ3v) is 11.4. The van der Waals surface area contributed by atoms with Crippen molar-refractivity contribution in [1.29, 1.82) is 0 Å². The predicted octanol–water partition coefficient (Wildman–Crippen LogP) is 18.0. The van der Waals surface area contributed by atoms with Crippen molar-refractivity contribution < 1.29 is 28.6 Å². The zero-order chi connectivity index (χ0) is 47.2. The number of ether oxygens (including phenoxy) is 3. The summed E-state index contributed by atoms with van der Waals surface area (Å²) < 4.78 is 16.8. The first-order valence-electron chi connectivity index (χ1n) is 27.1. The van der Waals surface area contributed by atoms with E-state index in [4.69, 9.17) is 14.2 Å². The molecule has 0 N–H and O–H groups in total. The third kappa shape index (κ3) is 51.4. The molecule has 0 saturated carbocycles. The molecule has 0 aliphatic carbocycles. The van der Waals surface area contributed by atoms with Crippen molar-refractivity contribution in [3.8, 4) is 0 Å². The number of esters is 3. The Morgan fingerprint density at radius 3 is 1.03 bits per heavy atom. The van der Waals surface area contributed by atoms with Gasteiger partial charge in [-0.15, -0.1) is 0 Å².